The Morgan fingerprint density at radius 1 is 1.16 bits per heavy atom. The summed E-state index contributed by atoms with van der Waals surface area (Å²) >= 11 is 0. The van der Waals surface area contributed by atoms with E-state index < -0.39 is 0 Å². The molecule has 0 aliphatic carbocycles. The number of aryl methyl sites for hydroxylation is 1. The smallest absolute Gasteiger partial charge is 0.298 e. The molecule has 1 aromatic carbocycles. The third kappa shape index (κ3) is 3.50. The highest BCUT2D eigenvalue weighted by Crippen LogP contribution is 2.22. The number of nitrogens with zero attached hydrogens (tertiary/aromatic N) is 5. The lowest BCUT2D eigenvalue weighted by molar-refractivity contribution is -0.131. The van der Waals surface area contributed by atoms with E-state index in [-0.39, 0.29) is 5.91 Å². The van der Waals surface area contributed by atoms with Gasteiger partial charge in [0.15, 0.2) is 5.58 Å². The van der Waals surface area contributed by atoms with Crippen LogP contribution in [0.5, 0.6) is 0 Å². The van der Waals surface area contributed by atoms with Crippen LogP contribution in [-0.4, -0.2) is 51.5 Å². The van der Waals surface area contributed by atoms with E-state index >= 15 is 0 Å². The number of amides is 1. The standard InChI is InChI=1S/C18H21N5O2/c24-17(6-3-8-21-9-7-19-14-21)22-10-12-23(13-11-22)18-20-15-4-1-2-5-16(15)25-18/h1-2,4-5,7,9,14H,3,6,8,10-13H2. The van der Waals surface area contributed by atoms with E-state index in [1.54, 1.807) is 12.5 Å². The first-order valence-corrected chi connectivity index (χ1v) is 8.63. The molecule has 7 heteroatoms. The SMILES string of the molecule is O=C(CCCn1ccnc1)N1CCN(c2nc3ccccc3o2)CC1. The largest absolute Gasteiger partial charge is 0.423 e. The fourth-order valence-corrected chi connectivity index (χ4v) is 3.13. The van der Waals surface area contributed by atoms with Crippen LogP contribution in [0, 0.1) is 0 Å². The van der Waals surface area contributed by atoms with Crippen molar-refractivity contribution in [3.8, 4) is 0 Å². The lowest BCUT2D eigenvalue weighted by Gasteiger charge is -2.33. The molecule has 1 amide bonds. The van der Waals surface area contributed by atoms with Crippen molar-refractivity contribution in [3.05, 3.63) is 43.0 Å². The van der Waals surface area contributed by atoms with E-state index in [1.165, 1.54) is 0 Å². The number of aromatic nitrogens is 3. The van der Waals surface area contributed by atoms with Crippen molar-refractivity contribution < 1.29 is 9.21 Å². The van der Waals surface area contributed by atoms with Crippen molar-refractivity contribution in [2.45, 2.75) is 19.4 Å². The number of fused-ring (bicyclic) bond motifs is 1. The number of oxazole rings is 1. The maximum atomic E-state index is 12.4. The van der Waals surface area contributed by atoms with Gasteiger partial charge in [-0.05, 0) is 18.6 Å². The van der Waals surface area contributed by atoms with Gasteiger partial charge in [-0.2, -0.15) is 4.98 Å². The van der Waals surface area contributed by atoms with Gasteiger partial charge in [-0.1, -0.05) is 12.1 Å². The van der Waals surface area contributed by atoms with E-state index in [4.69, 9.17) is 4.42 Å². The molecule has 0 spiro atoms. The molecular weight excluding hydrogens is 318 g/mol. The lowest BCUT2D eigenvalue weighted by atomic mass is 10.2. The van der Waals surface area contributed by atoms with Gasteiger partial charge in [0.05, 0.1) is 6.33 Å². The van der Waals surface area contributed by atoms with Crippen LogP contribution in [0.15, 0.2) is 47.4 Å². The molecule has 0 atom stereocenters. The monoisotopic (exact) mass is 339 g/mol. The van der Waals surface area contributed by atoms with Gasteiger partial charge >= 0.3 is 0 Å². The Kier molecular flexibility index (Phi) is 4.37. The summed E-state index contributed by atoms with van der Waals surface area (Å²) in [5, 5.41) is 0. The predicted octanol–water partition coefficient (Wildman–Crippen LogP) is 2.15. The molecule has 130 valence electrons. The van der Waals surface area contributed by atoms with Gasteiger partial charge in [0.1, 0.15) is 5.52 Å². The molecule has 0 N–H and O–H groups in total. The second-order valence-corrected chi connectivity index (χ2v) is 6.24. The van der Waals surface area contributed by atoms with E-state index in [0.717, 1.165) is 37.2 Å². The predicted molar refractivity (Wildman–Crippen MR) is 94.3 cm³/mol. The summed E-state index contributed by atoms with van der Waals surface area (Å²) in [6.07, 6.45) is 6.86. The highest BCUT2D eigenvalue weighted by atomic mass is 16.4. The molecule has 7 nitrogen and oxygen atoms in total. The van der Waals surface area contributed by atoms with Crippen LogP contribution in [0.25, 0.3) is 11.1 Å². The first-order valence-electron chi connectivity index (χ1n) is 8.63. The number of piperazine rings is 1. The zero-order valence-corrected chi connectivity index (χ0v) is 14.0. The molecular formula is C18H21N5O2. The number of rotatable bonds is 5. The summed E-state index contributed by atoms with van der Waals surface area (Å²) in [6, 6.07) is 8.41. The summed E-state index contributed by atoms with van der Waals surface area (Å²) in [5.74, 6) is 0.220. The average Bonchev–Trinajstić information content (AvgIpc) is 3.31. The van der Waals surface area contributed by atoms with Crippen molar-refractivity contribution in [1.29, 1.82) is 0 Å². The highest BCUT2D eigenvalue weighted by Gasteiger charge is 2.23. The minimum absolute atomic E-state index is 0.220. The maximum absolute atomic E-state index is 12.4. The van der Waals surface area contributed by atoms with Crippen molar-refractivity contribution >= 4 is 23.0 Å². The quantitative estimate of drug-likeness (QED) is 0.712. The molecule has 0 bridgehead atoms. The normalized spacial score (nSPS) is 15.0. The van der Waals surface area contributed by atoms with E-state index in [0.29, 0.717) is 25.5 Å². The van der Waals surface area contributed by atoms with Crippen LogP contribution in [0.2, 0.25) is 0 Å². The van der Waals surface area contributed by atoms with Gasteiger partial charge in [0.25, 0.3) is 6.01 Å². The van der Waals surface area contributed by atoms with Crippen LogP contribution < -0.4 is 4.90 Å². The number of imidazole rings is 1. The molecule has 0 radical (unpaired) electrons. The zero-order chi connectivity index (χ0) is 17.1. The maximum Gasteiger partial charge on any atom is 0.298 e. The number of para-hydroxylation sites is 2. The number of anilines is 1. The molecule has 3 aromatic rings. The summed E-state index contributed by atoms with van der Waals surface area (Å²) < 4.78 is 7.81. The van der Waals surface area contributed by atoms with Gasteiger partial charge in [-0.3, -0.25) is 4.79 Å². The number of carbonyl (C=O) groups excluding carboxylic acids is 1. The molecule has 1 fully saturated rings. The molecule has 1 saturated heterocycles. The molecule has 2 aromatic heterocycles. The van der Waals surface area contributed by atoms with Crippen molar-refractivity contribution in [1.82, 2.24) is 19.4 Å². The number of carbonyl (C=O) groups is 1. The van der Waals surface area contributed by atoms with E-state index in [2.05, 4.69) is 14.9 Å². The Bertz CT molecular complexity index is 801. The van der Waals surface area contributed by atoms with Crippen LogP contribution in [-0.2, 0) is 11.3 Å². The summed E-state index contributed by atoms with van der Waals surface area (Å²) in [4.78, 5) is 24.9. The third-order valence-corrected chi connectivity index (χ3v) is 4.55. The third-order valence-electron chi connectivity index (χ3n) is 4.55. The number of benzene rings is 1. The van der Waals surface area contributed by atoms with Crippen LogP contribution >= 0.6 is 0 Å². The topological polar surface area (TPSA) is 67.4 Å². The molecule has 0 unspecified atom stereocenters. The van der Waals surface area contributed by atoms with Crippen molar-refractivity contribution in [2.75, 3.05) is 31.1 Å². The Morgan fingerprint density at radius 2 is 2.00 bits per heavy atom. The zero-order valence-electron chi connectivity index (χ0n) is 14.0. The number of hydrogen-bond acceptors (Lipinski definition) is 5. The Hall–Kier alpha value is -2.83. The van der Waals surface area contributed by atoms with Gasteiger partial charge in [0.2, 0.25) is 5.91 Å². The van der Waals surface area contributed by atoms with Crippen molar-refractivity contribution in [2.24, 2.45) is 0 Å². The Labute approximate surface area is 145 Å². The second-order valence-electron chi connectivity index (χ2n) is 6.24. The van der Waals surface area contributed by atoms with Crippen LogP contribution in [0.4, 0.5) is 6.01 Å². The summed E-state index contributed by atoms with van der Waals surface area (Å²) in [7, 11) is 0. The molecule has 25 heavy (non-hydrogen) atoms. The molecule has 4 rings (SSSR count). The first kappa shape index (κ1) is 15.7. The van der Waals surface area contributed by atoms with Gasteiger partial charge < -0.3 is 18.8 Å². The lowest BCUT2D eigenvalue weighted by Crippen LogP contribution is -2.48. The first-order chi connectivity index (χ1) is 12.3. The highest BCUT2D eigenvalue weighted by molar-refractivity contribution is 5.77. The van der Waals surface area contributed by atoms with Crippen LogP contribution in [0.1, 0.15) is 12.8 Å². The van der Waals surface area contributed by atoms with Gasteiger partial charge in [-0.25, -0.2) is 4.98 Å². The fourth-order valence-electron chi connectivity index (χ4n) is 3.13. The van der Waals surface area contributed by atoms with Gasteiger partial charge in [-0.15, -0.1) is 0 Å². The van der Waals surface area contributed by atoms with Crippen molar-refractivity contribution in [3.63, 3.8) is 0 Å². The molecule has 1 aliphatic heterocycles. The molecule has 3 heterocycles. The fraction of sp³-hybridized carbons (Fsp3) is 0.389. The number of hydrogen-bond donors (Lipinski definition) is 0. The summed E-state index contributed by atoms with van der Waals surface area (Å²) in [5.41, 5.74) is 1.67. The van der Waals surface area contributed by atoms with E-state index in [9.17, 15) is 4.79 Å². The Morgan fingerprint density at radius 3 is 2.76 bits per heavy atom. The minimum atomic E-state index is 0.220. The second kappa shape index (κ2) is 6.96. The average molecular weight is 339 g/mol. The Balaban J connectivity index is 1.28. The van der Waals surface area contributed by atoms with Gasteiger partial charge in [0, 0.05) is 51.5 Å². The molecule has 1 aliphatic rings. The minimum Gasteiger partial charge on any atom is -0.423 e. The van der Waals surface area contributed by atoms with Crippen LogP contribution in [0.3, 0.4) is 0 Å². The summed E-state index contributed by atoms with van der Waals surface area (Å²) in [6.45, 7) is 3.75. The molecule has 0 saturated carbocycles. The van der Waals surface area contributed by atoms with E-state index in [1.807, 2.05) is 39.9 Å².